The van der Waals surface area contributed by atoms with Crippen molar-refractivity contribution in [3.63, 3.8) is 0 Å². The van der Waals surface area contributed by atoms with Gasteiger partial charge in [0.15, 0.2) is 0 Å². The van der Waals surface area contributed by atoms with Crippen LogP contribution in [0.4, 0.5) is 4.79 Å². The number of ether oxygens (including phenoxy) is 2. The van der Waals surface area contributed by atoms with Crippen molar-refractivity contribution in [3.05, 3.63) is 54.8 Å². The molecular formula is C21H31NO3. The van der Waals surface area contributed by atoms with E-state index in [1.807, 2.05) is 45.0 Å². The third-order valence-corrected chi connectivity index (χ3v) is 4.00. The molecule has 0 spiro atoms. The fraction of sp³-hybridized carbons (Fsp3) is 0.476. The minimum Gasteiger partial charge on any atom is -0.502 e. The number of amides is 1. The topological polar surface area (TPSA) is 47.6 Å². The van der Waals surface area contributed by atoms with Gasteiger partial charge in [-0.2, -0.15) is 0 Å². The number of rotatable bonds is 11. The molecule has 0 aliphatic heterocycles. The smallest absolute Gasteiger partial charge is 0.407 e. The predicted molar refractivity (Wildman–Crippen MR) is 103 cm³/mol. The normalized spacial score (nSPS) is 10.8. The SMILES string of the molecule is C=COCCCCCCOC(=O)NC(C)(C)c1cccc(C(=C)C)c1. The Morgan fingerprint density at radius 1 is 1.20 bits per heavy atom. The Labute approximate surface area is 151 Å². The van der Waals surface area contributed by atoms with Crippen LogP contribution in [0, 0.1) is 0 Å². The van der Waals surface area contributed by atoms with Crippen LogP contribution in [-0.4, -0.2) is 19.3 Å². The molecule has 0 unspecified atom stereocenters. The van der Waals surface area contributed by atoms with Gasteiger partial charge >= 0.3 is 6.09 Å². The van der Waals surface area contributed by atoms with Gasteiger partial charge in [-0.15, -0.1) is 0 Å². The van der Waals surface area contributed by atoms with Crippen molar-refractivity contribution in [1.82, 2.24) is 5.32 Å². The predicted octanol–water partition coefficient (Wildman–Crippen LogP) is 5.40. The first kappa shape index (κ1) is 20.8. The van der Waals surface area contributed by atoms with Crippen LogP contribution in [0.1, 0.15) is 57.6 Å². The lowest BCUT2D eigenvalue weighted by atomic mass is 9.92. The van der Waals surface area contributed by atoms with Crippen LogP contribution in [0.5, 0.6) is 0 Å². The molecule has 0 heterocycles. The van der Waals surface area contributed by atoms with E-state index in [0.29, 0.717) is 13.2 Å². The molecule has 0 aliphatic carbocycles. The maximum atomic E-state index is 12.0. The van der Waals surface area contributed by atoms with Crippen molar-refractivity contribution in [2.24, 2.45) is 0 Å². The van der Waals surface area contributed by atoms with Gasteiger partial charge in [-0.1, -0.05) is 36.9 Å². The highest BCUT2D eigenvalue weighted by atomic mass is 16.5. The maximum Gasteiger partial charge on any atom is 0.407 e. The Morgan fingerprint density at radius 3 is 2.52 bits per heavy atom. The Morgan fingerprint density at radius 2 is 1.88 bits per heavy atom. The van der Waals surface area contributed by atoms with Crippen LogP contribution >= 0.6 is 0 Å². The first-order valence-corrected chi connectivity index (χ1v) is 8.80. The average Bonchev–Trinajstić information content (AvgIpc) is 2.57. The van der Waals surface area contributed by atoms with E-state index in [2.05, 4.69) is 18.5 Å². The summed E-state index contributed by atoms with van der Waals surface area (Å²) in [5.74, 6) is 0. The largest absolute Gasteiger partial charge is 0.502 e. The van der Waals surface area contributed by atoms with Crippen LogP contribution < -0.4 is 5.32 Å². The number of hydrogen-bond acceptors (Lipinski definition) is 3. The van der Waals surface area contributed by atoms with Crippen LogP contribution in [0.15, 0.2) is 43.7 Å². The molecule has 1 amide bonds. The van der Waals surface area contributed by atoms with Crippen molar-refractivity contribution < 1.29 is 14.3 Å². The molecule has 1 N–H and O–H groups in total. The van der Waals surface area contributed by atoms with Crippen molar-refractivity contribution in [2.75, 3.05) is 13.2 Å². The molecule has 0 aliphatic rings. The summed E-state index contributed by atoms with van der Waals surface area (Å²) < 4.78 is 10.4. The molecule has 0 bridgehead atoms. The Kier molecular flexibility index (Phi) is 8.82. The third-order valence-electron chi connectivity index (χ3n) is 4.00. The van der Waals surface area contributed by atoms with E-state index in [1.54, 1.807) is 0 Å². The lowest BCUT2D eigenvalue weighted by molar-refractivity contribution is 0.133. The molecule has 25 heavy (non-hydrogen) atoms. The quantitative estimate of drug-likeness (QED) is 0.431. The van der Waals surface area contributed by atoms with Gasteiger partial charge in [0.05, 0.1) is 25.0 Å². The van der Waals surface area contributed by atoms with Gasteiger partial charge in [-0.25, -0.2) is 4.79 Å². The number of alkyl carbamates (subject to hydrolysis) is 1. The van der Waals surface area contributed by atoms with Gasteiger partial charge < -0.3 is 14.8 Å². The van der Waals surface area contributed by atoms with Crippen LogP contribution in [0.3, 0.4) is 0 Å². The summed E-state index contributed by atoms with van der Waals surface area (Å²) in [7, 11) is 0. The summed E-state index contributed by atoms with van der Waals surface area (Å²) in [6, 6.07) is 8.04. The van der Waals surface area contributed by atoms with E-state index >= 15 is 0 Å². The molecule has 4 nitrogen and oxygen atoms in total. The van der Waals surface area contributed by atoms with Crippen LogP contribution in [0.2, 0.25) is 0 Å². The molecule has 0 atom stereocenters. The number of nitrogens with one attached hydrogen (secondary N) is 1. The lowest BCUT2D eigenvalue weighted by Gasteiger charge is -2.27. The van der Waals surface area contributed by atoms with Crippen molar-refractivity contribution in [2.45, 2.75) is 52.0 Å². The second-order valence-corrected chi connectivity index (χ2v) is 6.70. The fourth-order valence-corrected chi connectivity index (χ4v) is 2.43. The second kappa shape index (κ2) is 10.6. The lowest BCUT2D eigenvalue weighted by Crippen LogP contribution is -2.41. The Hall–Kier alpha value is -2.23. The maximum absolute atomic E-state index is 12.0. The van der Waals surface area contributed by atoms with Gasteiger partial charge in [0.25, 0.3) is 0 Å². The molecular weight excluding hydrogens is 314 g/mol. The average molecular weight is 345 g/mol. The van der Waals surface area contributed by atoms with Gasteiger partial charge in [-0.3, -0.25) is 0 Å². The fourth-order valence-electron chi connectivity index (χ4n) is 2.43. The monoisotopic (exact) mass is 345 g/mol. The molecule has 1 aromatic carbocycles. The minimum absolute atomic E-state index is 0.388. The standard InChI is InChI=1S/C21H31NO3/c1-6-24-14-9-7-8-10-15-25-20(23)22-21(4,5)19-13-11-12-18(16-19)17(2)3/h6,11-13,16H,1-2,7-10,14-15H2,3-5H3,(H,22,23). The number of carbonyl (C=O) groups is 1. The third kappa shape index (κ3) is 7.92. The molecule has 1 aromatic rings. The summed E-state index contributed by atoms with van der Waals surface area (Å²) >= 11 is 0. The first-order valence-electron chi connectivity index (χ1n) is 8.80. The molecule has 0 radical (unpaired) electrons. The number of hydrogen-bond donors (Lipinski definition) is 1. The molecule has 0 saturated carbocycles. The molecule has 4 heteroatoms. The van der Waals surface area contributed by atoms with E-state index in [-0.39, 0.29) is 6.09 Å². The minimum atomic E-state index is -0.509. The molecule has 0 saturated heterocycles. The zero-order valence-corrected chi connectivity index (χ0v) is 15.8. The van der Waals surface area contributed by atoms with Crippen LogP contribution in [-0.2, 0) is 15.0 Å². The van der Waals surface area contributed by atoms with Crippen molar-refractivity contribution in [1.29, 1.82) is 0 Å². The first-order chi connectivity index (χ1) is 11.9. The van der Waals surface area contributed by atoms with Gasteiger partial charge in [0.1, 0.15) is 0 Å². The highest BCUT2D eigenvalue weighted by Crippen LogP contribution is 2.23. The number of benzene rings is 1. The van der Waals surface area contributed by atoms with E-state index in [1.165, 1.54) is 6.26 Å². The summed E-state index contributed by atoms with van der Waals surface area (Å²) in [5, 5.41) is 2.94. The molecule has 1 rings (SSSR count). The number of carbonyl (C=O) groups excluding carboxylic acids is 1. The Bertz CT molecular complexity index is 578. The molecule has 0 fully saturated rings. The van der Waals surface area contributed by atoms with Gasteiger partial charge in [0, 0.05) is 0 Å². The molecule has 0 aromatic heterocycles. The van der Waals surface area contributed by atoms with E-state index < -0.39 is 5.54 Å². The summed E-state index contributed by atoms with van der Waals surface area (Å²) in [5.41, 5.74) is 2.58. The van der Waals surface area contributed by atoms with E-state index in [9.17, 15) is 4.79 Å². The van der Waals surface area contributed by atoms with Crippen molar-refractivity contribution in [3.8, 4) is 0 Å². The zero-order valence-electron chi connectivity index (χ0n) is 15.8. The van der Waals surface area contributed by atoms with E-state index in [0.717, 1.165) is 42.4 Å². The number of unbranched alkanes of at least 4 members (excludes halogenated alkanes) is 3. The van der Waals surface area contributed by atoms with Gasteiger partial charge in [-0.05, 0) is 63.6 Å². The summed E-state index contributed by atoms with van der Waals surface area (Å²) in [6.45, 7) is 14.5. The van der Waals surface area contributed by atoms with Gasteiger partial charge in [0.2, 0.25) is 0 Å². The zero-order chi connectivity index (χ0) is 18.7. The van der Waals surface area contributed by atoms with Crippen LogP contribution in [0.25, 0.3) is 5.57 Å². The highest BCUT2D eigenvalue weighted by Gasteiger charge is 2.23. The second-order valence-electron chi connectivity index (χ2n) is 6.70. The van der Waals surface area contributed by atoms with E-state index in [4.69, 9.17) is 9.47 Å². The Balaban J connectivity index is 2.36. The van der Waals surface area contributed by atoms with Crippen molar-refractivity contribution >= 4 is 11.7 Å². The molecule has 138 valence electrons. The summed E-state index contributed by atoms with van der Waals surface area (Å²) in [4.78, 5) is 12.0. The summed E-state index contributed by atoms with van der Waals surface area (Å²) in [6.07, 6.45) is 4.98. The number of allylic oxidation sites excluding steroid dienone is 1. The highest BCUT2D eigenvalue weighted by molar-refractivity contribution is 5.69.